The highest BCUT2D eigenvalue weighted by molar-refractivity contribution is 5.81. The molecule has 0 saturated heterocycles. The molecule has 0 bridgehead atoms. The first kappa shape index (κ1) is 38.7. The molecule has 3 N–H and O–H groups in total. The van der Waals surface area contributed by atoms with Crippen LogP contribution in [0.4, 0.5) is 51.2 Å². The van der Waals surface area contributed by atoms with Crippen LogP contribution in [-0.4, -0.2) is 0 Å². The van der Waals surface area contributed by atoms with E-state index < -0.39 is 0 Å². The zero-order valence-corrected chi connectivity index (χ0v) is 34.7. The van der Waals surface area contributed by atoms with E-state index in [2.05, 4.69) is 260 Å². The lowest BCUT2D eigenvalue weighted by atomic mass is 10.0. The van der Waals surface area contributed by atoms with Crippen molar-refractivity contribution in [2.24, 2.45) is 0 Å². The fourth-order valence-electron chi connectivity index (χ4n) is 7.92. The molecule has 0 aliphatic carbocycles. The largest absolute Gasteiger partial charge is 0.356 e. The minimum atomic E-state index is 1.02. The van der Waals surface area contributed by atoms with Gasteiger partial charge in [0.1, 0.15) is 0 Å². The summed E-state index contributed by atoms with van der Waals surface area (Å²) in [7, 11) is 0. The molecule has 4 nitrogen and oxygen atoms in total. The van der Waals surface area contributed by atoms with Gasteiger partial charge in [0.25, 0.3) is 0 Å². The lowest BCUT2D eigenvalue weighted by molar-refractivity contribution is 1.28. The molecule has 0 saturated carbocycles. The van der Waals surface area contributed by atoms with Crippen molar-refractivity contribution in [1.82, 2.24) is 0 Å². The molecule has 0 amide bonds. The van der Waals surface area contributed by atoms with Crippen molar-refractivity contribution in [3.8, 4) is 33.4 Å². The number of aryl methyl sites for hydroxylation is 3. The fourth-order valence-corrected chi connectivity index (χ4v) is 7.92. The van der Waals surface area contributed by atoms with E-state index in [0.29, 0.717) is 0 Å². The van der Waals surface area contributed by atoms with Crippen LogP contribution in [0.15, 0.2) is 218 Å². The van der Waals surface area contributed by atoms with E-state index in [1.54, 1.807) is 0 Å². The number of rotatable bonds is 12. The van der Waals surface area contributed by atoms with Gasteiger partial charge in [0.2, 0.25) is 0 Å². The number of hydrogen-bond acceptors (Lipinski definition) is 4. The summed E-state index contributed by atoms with van der Waals surface area (Å²) in [5.74, 6) is 0. The lowest BCUT2D eigenvalue weighted by Crippen LogP contribution is -2.10. The Bertz CT molecular complexity index is 2540. The highest BCUT2D eigenvalue weighted by Crippen LogP contribution is 2.38. The fraction of sp³-hybridized carbons (Fsp3) is 0.0526. The second kappa shape index (κ2) is 17.6. The van der Waals surface area contributed by atoms with E-state index in [0.717, 1.165) is 51.2 Å². The molecule has 0 radical (unpaired) electrons. The Kier molecular flexibility index (Phi) is 11.1. The molecular formula is C57H48N4. The Hall–Kier alpha value is -7.82. The molecule has 9 aromatic rings. The third-order valence-corrected chi connectivity index (χ3v) is 11.3. The number of nitrogens with one attached hydrogen (secondary N) is 3. The van der Waals surface area contributed by atoms with Crippen LogP contribution < -0.4 is 20.9 Å². The van der Waals surface area contributed by atoms with Gasteiger partial charge in [-0.05, 0) is 180 Å². The monoisotopic (exact) mass is 788 g/mol. The van der Waals surface area contributed by atoms with Crippen molar-refractivity contribution < 1.29 is 0 Å². The van der Waals surface area contributed by atoms with Crippen molar-refractivity contribution >= 4 is 51.2 Å². The number of anilines is 9. The molecular weight excluding hydrogens is 741 g/mol. The maximum atomic E-state index is 3.60. The third kappa shape index (κ3) is 8.95. The van der Waals surface area contributed by atoms with E-state index >= 15 is 0 Å². The first-order valence-electron chi connectivity index (χ1n) is 20.8. The molecule has 9 rings (SSSR count). The minimum Gasteiger partial charge on any atom is -0.356 e. The van der Waals surface area contributed by atoms with Crippen LogP contribution in [0.1, 0.15) is 16.7 Å². The normalized spacial score (nSPS) is 10.9. The van der Waals surface area contributed by atoms with Crippen LogP contribution >= 0.6 is 0 Å². The summed E-state index contributed by atoms with van der Waals surface area (Å²) in [5.41, 5.74) is 20.6. The van der Waals surface area contributed by atoms with Crippen LogP contribution in [0.5, 0.6) is 0 Å². The number of hydrogen-bond donors (Lipinski definition) is 3. The van der Waals surface area contributed by atoms with Crippen molar-refractivity contribution in [3.05, 3.63) is 235 Å². The van der Waals surface area contributed by atoms with Gasteiger partial charge in [-0.2, -0.15) is 0 Å². The van der Waals surface area contributed by atoms with Gasteiger partial charge in [-0.25, -0.2) is 0 Å². The Balaban J connectivity index is 0.948. The molecule has 0 heterocycles. The smallest absolute Gasteiger partial charge is 0.0463 e. The molecule has 296 valence electrons. The van der Waals surface area contributed by atoms with E-state index in [4.69, 9.17) is 0 Å². The maximum Gasteiger partial charge on any atom is 0.0463 e. The summed E-state index contributed by atoms with van der Waals surface area (Å²) in [6.07, 6.45) is 0. The Labute approximate surface area is 359 Å². The summed E-state index contributed by atoms with van der Waals surface area (Å²) >= 11 is 0. The average Bonchev–Trinajstić information content (AvgIpc) is 3.30. The number of benzene rings is 9. The van der Waals surface area contributed by atoms with E-state index in [-0.39, 0.29) is 0 Å². The van der Waals surface area contributed by atoms with Crippen LogP contribution in [0.3, 0.4) is 0 Å². The SMILES string of the molecule is Cc1ccccc1-c1ccc(Nc2ccc(N(c3ccc(Nc4ccc(-c5ccccc5C)cc4)cc3)c3ccc(Nc4ccc(-c5ccccc5C)cc4)cc3)cc2)cc1. The molecule has 0 fully saturated rings. The Morgan fingerprint density at radius 2 is 0.459 bits per heavy atom. The number of nitrogens with zero attached hydrogens (tertiary/aromatic N) is 1. The topological polar surface area (TPSA) is 39.3 Å². The standard InChI is InChI=1S/C57H48N4/c1-40-10-4-7-13-55(40)43-16-22-46(23-17-43)58-49-28-34-52(35-29-49)61(53-36-30-50(31-37-53)59-47-24-18-44(19-25-47)56-14-8-5-11-41(56)2)54-38-32-51(33-39-54)60-48-26-20-45(21-27-48)57-15-9-6-12-42(57)3/h4-39,58-60H,1-3H3. The van der Waals surface area contributed by atoms with Crippen molar-refractivity contribution in [2.45, 2.75) is 20.8 Å². The summed E-state index contributed by atoms with van der Waals surface area (Å²) in [6.45, 7) is 6.46. The molecule has 0 spiro atoms. The first-order valence-corrected chi connectivity index (χ1v) is 20.8. The van der Waals surface area contributed by atoms with Gasteiger partial charge in [0, 0.05) is 51.2 Å². The summed E-state index contributed by atoms with van der Waals surface area (Å²) < 4.78 is 0. The average molecular weight is 789 g/mol. The highest BCUT2D eigenvalue weighted by Gasteiger charge is 2.14. The highest BCUT2D eigenvalue weighted by atomic mass is 15.1. The van der Waals surface area contributed by atoms with Crippen LogP contribution in [0.2, 0.25) is 0 Å². The van der Waals surface area contributed by atoms with Crippen LogP contribution in [0.25, 0.3) is 33.4 Å². The maximum absolute atomic E-state index is 3.60. The molecule has 61 heavy (non-hydrogen) atoms. The van der Waals surface area contributed by atoms with Crippen molar-refractivity contribution in [2.75, 3.05) is 20.9 Å². The quantitative estimate of drug-likeness (QED) is 0.115. The molecule has 4 heteroatoms. The zero-order valence-electron chi connectivity index (χ0n) is 34.7. The Morgan fingerprint density at radius 1 is 0.246 bits per heavy atom. The van der Waals surface area contributed by atoms with E-state index in [1.807, 2.05) is 0 Å². The van der Waals surface area contributed by atoms with Crippen molar-refractivity contribution in [3.63, 3.8) is 0 Å². The Morgan fingerprint density at radius 3 is 0.689 bits per heavy atom. The van der Waals surface area contributed by atoms with Gasteiger partial charge in [-0.15, -0.1) is 0 Å². The van der Waals surface area contributed by atoms with Crippen molar-refractivity contribution in [1.29, 1.82) is 0 Å². The van der Waals surface area contributed by atoms with E-state index in [1.165, 1.54) is 50.1 Å². The van der Waals surface area contributed by atoms with Gasteiger partial charge >= 0.3 is 0 Å². The van der Waals surface area contributed by atoms with Gasteiger partial charge in [-0.1, -0.05) is 109 Å². The van der Waals surface area contributed by atoms with Crippen LogP contribution in [0, 0.1) is 20.8 Å². The second-order valence-electron chi connectivity index (χ2n) is 15.5. The van der Waals surface area contributed by atoms with Gasteiger partial charge < -0.3 is 20.9 Å². The lowest BCUT2D eigenvalue weighted by Gasteiger charge is -2.26. The minimum absolute atomic E-state index is 1.02. The van der Waals surface area contributed by atoms with Gasteiger partial charge in [0.15, 0.2) is 0 Å². The summed E-state index contributed by atoms with van der Waals surface area (Å²) in [6, 6.07) is 77.4. The second-order valence-corrected chi connectivity index (χ2v) is 15.5. The molecule has 9 aromatic carbocycles. The molecule has 0 atom stereocenters. The summed E-state index contributed by atoms with van der Waals surface area (Å²) in [4.78, 5) is 2.29. The van der Waals surface area contributed by atoms with E-state index in [9.17, 15) is 0 Å². The molecule has 0 aliphatic heterocycles. The predicted octanol–water partition coefficient (Wildman–Crippen LogP) is 16.3. The predicted molar refractivity (Wildman–Crippen MR) is 261 cm³/mol. The first-order chi connectivity index (χ1) is 29.9. The molecule has 0 aliphatic rings. The van der Waals surface area contributed by atoms with Gasteiger partial charge in [0.05, 0.1) is 0 Å². The third-order valence-electron chi connectivity index (χ3n) is 11.3. The summed E-state index contributed by atoms with van der Waals surface area (Å²) in [5, 5.41) is 10.8. The zero-order chi connectivity index (χ0) is 41.5. The van der Waals surface area contributed by atoms with Crippen LogP contribution in [-0.2, 0) is 0 Å². The van der Waals surface area contributed by atoms with Gasteiger partial charge in [-0.3, -0.25) is 0 Å². The molecule has 0 aromatic heterocycles. The molecule has 0 unspecified atom stereocenters.